The molecular weight excluding hydrogens is 215 g/mol. The molecule has 1 aliphatic carbocycles. The molecule has 1 aromatic rings. The van der Waals surface area contributed by atoms with Gasteiger partial charge in [-0.05, 0) is 25.0 Å². The SMILES string of the molecule is NCC1(C(F)(F)c2cccc(F)c2)CCC1. The van der Waals surface area contributed by atoms with Gasteiger partial charge in [0.1, 0.15) is 5.82 Å². The van der Waals surface area contributed by atoms with Crippen molar-refractivity contribution in [2.45, 2.75) is 25.2 Å². The zero-order chi connectivity index (χ0) is 11.8. The molecule has 0 saturated heterocycles. The Hall–Kier alpha value is -1.03. The minimum atomic E-state index is -3.04. The Labute approximate surface area is 92.5 Å². The standard InChI is InChI=1S/C12H14F3N/c13-10-4-1-3-9(7-10)12(14,15)11(8-16)5-2-6-11/h1,3-4,7H,2,5-6,8,16H2. The van der Waals surface area contributed by atoms with E-state index in [0.29, 0.717) is 12.8 Å². The van der Waals surface area contributed by atoms with Gasteiger partial charge in [-0.2, -0.15) is 0 Å². The van der Waals surface area contributed by atoms with Gasteiger partial charge in [-0.1, -0.05) is 18.6 Å². The lowest BCUT2D eigenvalue weighted by Gasteiger charge is -2.46. The highest BCUT2D eigenvalue weighted by Gasteiger charge is 2.57. The first-order valence-corrected chi connectivity index (χ1v) is 5.36. The van der Waals surface area contributed by atoms with Gasteiger partial charge in [-0.25, -0.2) is 13.2 Å². The molecule has 0 aromatic heterocycles. The van der Waals surface area contributed by atoms with E-state index in [2.05, 4.69) is 0 Å². The Morgan fingerprint density at radius 1 is 1.31 bits per heavy atom. The topological polar surface area (TPSA) is 26.0 Å². The van der Waals surface area contributed by atoms with Crippen molar-refractivity contribution in [3.63, 3.8) is 0 Å². The van der Waals surface area contributed by atoms with Gasteiger partial charge < -0.3 is 5.73 Å². The van der Waals surface area contributed by atoms with Crippen LogP contribution in [-0.4, -0.2) is 6.54 Å². The van der Waals surface area contributed by atoms with Crippen molar-refractivity contribution in [3.05, 3.63) is 35.6 Å². The molecule has 2 rings (SSSR count). The van der Waals surface area contributed by atoms with E-state index >= 15 is 0 Å². The molecule has 0 spiro atoms. The Kier molecular flexibility index (Phi) is 2.70. The first-order chi connectivity index (χ1) is 7.52. The summed E-state index contributed by atoms with van der Waals surface area (Å²) >= 11 is 0. The van der Waals surface area contributed by atoms with Crippen molar-refractivity contribution in [2.24, 2.45) is 11.1 Å². The summed E-state index contributed by atoms with van der Waals surface area (Å²) in [6.45, 7) is -0.0590. The molecule has 4 heteroatoms. The van der Waals surface area contributed by atoms with E-state index < -0.39 is 17.2 Å². The molecule has 1 fully saturated rings. The van der Waals surface area contributed by atoms with E-state index in [0.717, 1.165) is 18.6 Å². The summed E-state index contributed by atoms with van der Waals surface area (Å²) in [5.41, 5.74) is 4.02. The zero-order valence-electron chi connectivity index (χ0n) is 8.85. The van der Waals surface area contributed by atoms with Gasteiger partial charge >= 0.3 is 0 Å². The Morgan fingerprint density at radius 2 is 2.00 bits per heavy atom. The molecule has 88 valence electrons. The Balaban J connectivity index is 2.37. The smallest absolute Gasteiger partial charge is 0.280 e. The van der Waals surface area contributed by atoms with Gasteiger partial charge in [0, 0.05) is 12.1 Å². The maximum atomic E-state index is 14.2. The molecule has 0 aliphatic heterocycles. The summed E-state index contributed by atoms with van der Waals surface area (Å²) in [6, 6.07) is 4.63. The quantitative estimate of drug-likeness (QED) is 0.847. The minimum absolute atomic E-state index is 0.0590. The van der Waals surface area contributed by atoms with Crippen LogP contribution < -0.4 is 5.73 Å². The van der Waals surface area contributed by atoms with Crippen LogP contribution in [0.2, 0.25) is 0 Å². The molecule has 16 heavy (non-hydrogen) atoms. The highest BCUT2D eigenvalue weighted by molar-refractivity contribution is 5.25. The van der Waals surface area contributed by atoms with E-state index in [9.17, 15) is 13.2 Å². The third-order valence-electron chi connectivity index (χ3n) is 3.55. The van der Waals surface area contributed by atoms with Crippen LogP contribution in [0.3, 0.4) is 0 Å². The third kappa shape index (κ3) is 1.52. The largest absolute Gasteiger partial charge is 0.330 e. The highest BCUT2D eigenvalue weighted by atomic mass is 19.3. The molecule has 0 radical (unpaired) electrons. The predicted molar refractivity (Wildman–Crippen MR) is 55.6 cm³/mol. The van der Waals surface area contributed by atoms with Gasteiger partial charge in [0.2, 0.25) is 0 Å². The number of hydrogen-bond donors (Lipinski definition) is 1. The van der Waals surface area contributed by atoms with Crippen molar-refractivity contribution < 1.29 is 13.2 Å². The van der Waals surface area contributed by atoms with Crippen LogP contribution in [0.5, 0.6) is 0 Å². The molecule has 1 nitrogen and oxygen atoms in total. The maximum absolute atomic E-state index is 14.2. The molecular formula is C12H14F3N. The number of halogens is 3. The molecule has 0 unspecified atom stereocenters. The summed E-state index contributed by atoms with van der Waals surface area (Å²) in [7, 11) is 0. The van der Waals surface area contributed by atoms with Crippen molar-refractivity contribution in [1.82, 2.24) is 0 Å². The number of nitrogens with two attached hydrogens (primary N) is 1. The summed E-state index contributed by atoms with van der Waals surface area (Å²) in [5.74, 6) is -3.68. The van der Waals surface area contributed by atoms with Crippen LogP contribution in [0.15, 0.2) is 24.3 Å². The van der Waals surface area contributed by atoms with Crippen molar-refractivity contribution in [2.75, 3.05) is 6.54 Å². The van der Waals surface area contributed by atoms with Crippen molar-refractivity contribution in [3.8, 4) is 0 Å². The summed E-state index contributed by atoms with van der Waals surface area (Å²) in [4.78, 5) is 0. The third-order valence-corrected chi connectivity index (χ3v) is 3.55. The maximum Gasteiger partial charge on any atom is 0.280 e. The van der Waals surface area contributed by atoms with E-state index in [-0.39, 0.29) is 12.1 Å². The molecule has 0 amide bonds. The van der Waals surface area contributed by atoms with Gasteiger partial charge in [-0.15, -0.1) is 0 Å². The average Bonchev–Trinajstić information content (AvgIpc) is 2.16. The van der Waals surface area contributed by atoms with E-state index in [1.54, 1.807) is 0 Å². The van der Waals surface area contributed by atoms with Gasteiger partial charge in [0.15, 0.2) is 0 Å². The van der Waals surface area contributed by atoms with Crippen LogP contribution >= 0.6 is 0 Å². The van der Waals surface area contributed by atoms with E-state index in [1.165, 1.54) is 12.1 Å². The lowest BCUT2D eigenvalue weighted by Crippen LogP contribution is -2.49. The molecule has 0 atom stereocenters. The molecule has 1 aliphatic rings. The lowest BCUT2D eigenvalue weighted by molar-refractivity contribution is -0.164. The van der Waals surface area contributed by atoms with Gasteiger partial charge in [-0.3, -0.25) is 0 Å². The van der Waals surface area contributed by atoms with Gasteiger partial charge in [0.05, 0.1) is 5.41 Å². The number of alkyl halides is 2. The molecule has 1 aromatic carbocycles. The fourth-order valence-corrected chi connectivity index (χ4v) is 2.24. The van der Waals surface area contributed by atoms with Crippen molar-refractivity contribution in [1.29, 1.82) is 0 Å². The second-order valence-corrected chi connectivity index (χ2v) is 4.42. The second kappa shape index (κ2) is 3.77. The van der Waals surface area contributed by atoms with E-state index in [4.69, 9.17) is 5.73 Å². The van der Waals surface area contributed by atoms with Crippen LogP contribution in [0.25, 0.3) is 0 Å². The fourth-order valence-electron chi connectivity index (χ4n) is 2.24. The number of rotatable bonds is 3. The Bertz CT molecular complexity index is 380. The lowest BCUT2D eigenvalue weighted by atomic mass is 9.63. The fraction of sp³-hybridized carbons (Fsp3) is 0.500. The summed E-state index contributed by atoms with van der Waals surface area (Å²) < 4.78 is 41.3. The van der Waals surface area contributed by atoms with Crippen LogP contribution in [0.4, 0.5) is 13.2 Å². The average molecular weight is 229 g/mol. The molecule has 1 saturated carbocycles. The Morgan fingerprint density at radius 3 is 2.44 bits per heavy atom. The number of benzene rings is 1. The second-order valence-electron chi connectivity index (χ2n) is 4.42. The first kappa shape index (κ1) is 11.5. The molecule has 2 N–H and O–H groups in total. The van der Waals surface area contributed by atoms with Gasteiger partial charge in [0.25, 0.3) is 5.92 Å². The first-order valence-electron chi connectivity index (χ1n) is 5.36. The zero-order valence-corrected chi connectivity index (χ0v) is 8.85. The van der Waals surface area contributed by atoms with Crippen LogP contribution in [0.1, 0.15) is 24.8 Å². The molecule has 0 heterocycles. The van der Waals surface area contributed by atoms with Crippen LogP contribution in [0, 0.1) is 11.2 Å². The minimum Gasteiger partial charge on any atom is -0.330 e. The highest BCUT2D eigenvalue weighted by Crippen LogP contribution is 2.56. The van der Waals surface area contributed by atoms with Crippen molar-refractivity contribution >= 4 is 0 Å². The molecule has 0 bridgehead atoms. The number of hydrogen-bond acceptors (Lipinski definition) is 1. The summed E-state index contributed by atoms with van der Waals surface area (Å²) in [5, 5.41) is 0. The normalized spacial score (nSPS) is 19.2. The summed E-state index contributed by atoms with van der Waals surface area (Å²) in [6.07, 6.45) is 1.59. The predicted octanol–water partition coefficient (Wildman–Crippen LogP) is 3.05. The van der Waals surface area contributed by atoms with E-state index in [1.807, 2.05) is 0 Å². The monoisotopic (exact) mass is 229 g/mol. The van der Waals surface area contributed by atoms with Crippen LogP contribution in [-0.2, 0) is 5.92 Å².